The maximum absolute atomic E-state index is 12.3. The molecule has 1 N–H and O–H groups in total. The number of hydrogen-bond donors (Lipinski definition) is 1. The molecule has 0 saturated heterocycles. The van der Waals surface area contributed by atoms with Crippen LogP contribution in [0, 0.1) is 11.3 Å². The molecule has 100 valence electrons. The monoisotopic (exact) mass is 258 g/mol. The van der Waals surface area contributed by atoms with E-state index in [1.54, 1.807) is 0 Å². The average Bonchev–Trinajstić information content (AvgIpc) is 2.90. The number of carbonyl (C=O) groups is 1. The number of hydrogen-bond acceptors (Lipinski definition) is 3. The average molecular weight is 258 g/mol. The molecule has 0 spiro atoms. The van der Waals surface area contributed by atoms with Crippen molar-refractivity contribution < 1.29 is 9.53 Å². The molecule has 4 nitrogen and oxygen atoms in total. The van der Waals surface area contributed by atoms with E-state index in [1.165, 1.54) is 7.11 Å². The predicted octanol–water partition coefficient (Wildman–Crippen LogP) is 2.33. The lowest BCUT2D eigenvalue weighted by Crippen LogP contribution is -2.47. The second-order valence-corrected chi connectivity index (χ2v) is 4.92. The fourth-order valence-electron chi connectivity index (χ4n) is 2.57. The summed E-state index contributed by atoms with van der Waals surface area (Å²) in [6.07, 6.45) is 2.75. The first kappa shape index (κ1) is 13.6. The van der Waals surface area contributed by atoms with Crippen LogP contribution in [0.4, 0.5) is 0 Å². The van der Waals surface area contributed by atoms with Crippen molar-refractivity contribution in [3.05, 3.63) is 35.9 Å². The summed E-state index contributed by atoms with van der Waals surface area (Å²) in [6, 6.07) is 11.6. The number of benzene rings is 1. The first-order valence-corrected chi connectivity index (χ1v) is 6.52. The van der Waals surface area contributed by atoms with Crippen molar-refractivity contribution in [2.45, 2.75) is 37.3 Å². The number of methoxy groups -OCH3 is 1. The van der Waals surface area contributed by atoms with Gasteiger partial charge >= 0.3 is 0 Å². The molecule has 0 aromatic heterocycles. The molecule has 1 aliphatic carbocycles. The van der Waals surface area contributed by atoms with Crippen molar-refractivity contribution in [2.75, 3.05) is 7.11 Å². The fraction of sp³-hybridized carbons (Fsp3) is 0.467. The van der Waals surface area contributed by atoms with Crippen LogP contribution in [-0.2, 0) is 9.53 Å². The van der Waals surface area contributed by atoms with Crippen LogP contribution in [0.2, 0.25) is 0 Å². The van der Waals surface area contributed by atoms with Crippen molar-refractivity contribution in [3.63, 3.8) is 0 Å². The third kappa shape index (κ3) is 2.94. The third-order valence-corrected chi connectivity index (χ3v) is 3.61. The van der Waals surface area contributed by atoms with Crippen molar-refractivity contribution in [3.8, 4) is 6.07 Å². The minimum Gasteiger partial charge on any atom is -0.367 e. The molecule has 2 rings (SSSR count). The quantitative estimate of drug-likeness (QED) is 0.901. The normalized spacial score (nSPS) is 18.5. The van der Waals surface area contributed by atoms with Crippen molar-refractivity contribution in [1.29, 1.82) is 5.26 Å². The predicted molar refractivity (Wildman–Crippen MR) is 71.1 cm³/mol. The second kappa shape index (κ2) is 5.85. The van der Waals surface area contributed by atoms with Gasteiger partial charge in [-0.25, -0.2) is 0 Å². The number of ether oxygens (including phenoxy) is 1. The van der Waals surface area contributed by atoms with Gasteiger partial charge in [0.25, 0.3) is 5.91 Å². The SMILES string of the molecule is COC(C(=O)NC1(C#N)CCCC1)c1ccccc1. The highest BCUT2D eigenvalue weighted by molar-refractivity contribution is 5.83. The van der Waals surface area contributed by atoms with E-state index in [-0.39, 0.29) is 5.91 Å². The molecule has 1 amide bonds. The van der Waals surface area contributed by atoms with Crippen LogP contribution >= 0.6 is 0 Å². The molecular weight excluding hydrogens is 240 g/mol. The molecule has 0 radical (unpaired) electrons. The standard InChI is InChI=1S/C15H18N2O2/c1-19-13(12-7-3-2-4-8-12)14(18)17-15(11-16)9-5-6-10-15/h2-4,7-8,13H,5-6,9-10H2,1H3,(H,17,18). The summed E-state index contributed by atoms with van der Waals surface area (Å²) in [7, 11) is 1.50. The smallest absolute Gasteiger partial charge is 0.254 e. The third-order valence-electron chi connectivity index (χ3n) is 3.61. The molecule has 1 aliphatic rings. The Hall–Kier alpha value is -1.86. The number of nitrogens with zero attached hydrogens (tertiary/aromatic N) is 1. The highest BCUT2D eigenvalue weighted by atomic mass is 16.5. The highest BCUT2D eigenvalue weighted by Crippen LogP contribution is 2.30. The minimum absolute atomic E-state index is 0.239. The van der Waals surface area contributed by atoms with Crippen LogP contribution in [-0.4, -0.2) is 18.6 Å². The number of nitriles is 1. The van der Waals surface area contributed by atoms with Crippen LogP contribution in [0.25, 0.3) is 0 Å². The lowest BCUT2D eigenvalue weighted by Gasteiger charge is -2.25. The van der Waals surface area contributed by atoms with Gasteiger partial charge in [0.15, 0.2) is 6.10 Å². The number of carbonyl (C=O) groups excluding carboxylic acids is 1. The molecule has 0 bridgehead atoms. The van der Waals surface area contributed by atoms with Crippen molar-refractivity contribution >= 4 is 5.91 Å². The maximum atomic E-state index is 12.3. The largest absolute Gasteiger partial charge is 0.367 e. The Morgan fingerprint density at radius 3 is 2.53 bits per heavy atom. The molecule has 0 heterocycles. The summed E-state index contributed by atoms with van der Waals surface area (Å²) in [5.74, 6) is -0.239. The number of nitrogens with one attached hydrogen (secondary N) is 1. The molecule has 19 heavy (non-hydrogen) atoms. The van der Waals surface area contributed by atoms with Gasteiger partial charge in [0.05, 0.1) is 6.07 Å². The van der Waals surface area contributed by atoms with E-state index >= 15 is 0 Å². The van der Waals surface area contributed by atoms with E-state index in [9.17, 15) is 10.1 Å². The van der Waals surface area contributed by atoms with Gasteiger partial charge in [-0.05, 0) is 31.2 Å². The molecule has 1 saturated carbocycles. The second-order valence-electron chi connectivity index (χ2n) is 4.92. The highest BCUT2D eigenvalue weighted by Gasteiger charge is 2.37. The van der Waals surface area contributed by atoms with Crippen LogP contribution in [0.15, 0.2) is 30.3 Å². The van der Waals surface area contributed by atoms with Gasteiger partial charge in [-0.3, -0.25) is 4.79 Å². The summed E-state index contributed by atoms with van der Waals surface area (Å²) >= 11 is 0. The number of amides is 1. The topological polar surface area (TPSA) is 62.1 Å². The van der Waals surface area contributed by atoms with Gasteiger partial charge in [-0.2, -0.15) is 5.26 Å². The maximum Gasteiger partial charge on any atom is 0.254 e. The first-order valence-electron chi connectivity index (χ1n) is 6.52. The lowest BCUT2D eigenvalue weighted by atomic mass is 9.98. The van der Waals surface area contributed by atoms with Gasteiger partial charge < -0.3 is 10.1 Å². The van der Waals surface area contributed by atoms with Crippen LogP contribution in [0.3, 0.4) is 0 Å². The zero-order valence-corrected chi connectivity index (χ0v) is 11.1. The van der Waals surface area contributed by atoms with Gasteiger partial charge in [0.2, 0.25) is 0 Å². The molecule has 1 fully saturated rings. The Kier molecular flexibility index (Phi) is 4.18. The Morgan fingerprint density at radius 2 is 2.00 bits per heavy atom. The van der Waals surface area contributed by atoms with E-state index in [0.717, 1.165) is 31.2 Å². The molecule has 0 aliphatic heterocycles. The van der Waals surface area contributed by atoms with E-state index in [4.69, 9.17) is 4.74 Å². The summed E-state index contributed by atoms with van der Waals surface area (Å²) in [5.41, 5.74) is 0.0939. The molecule has 1 aromatic carbocycles. The van der Waals surface area contributed by atoms with E-state index in [2.05, 4.69) is 11.4 Å². The van der Waals surface area contributed by atoms with Gasteiger partial charge in [0, 0.05) is 7.11 Å². The zero-order valence-electron chi connectivity index (χ0n) is 11.1. The molecular formula is C15H18N2O2. The Balaban J connectivity index is 2.12. The summed E-state index contributed by atoms with van der Waals surface area (Å²) < 4.78 is 5.28. The van der Waals surface area contributed by atoms with Gasteiger partial charge in [-0.15, -0.1) is 0 Å². The Labute approximate surface area is 113 Å². The zero-order chi connectivity index (χ0) is 13.7. The number of rotatable bonds is 4. The Morgan fingerprint density at radius 1 is 1.37 bits per heavy atom. The molecule has 1 unspecified atom stereocenters. The van der Waals surface area contributed by atoms with E-state index < -0.39 is 11.6 Å². The Bertz CT molecular complexity index is 473. The molecule has 1 aromatic rings. The fourth-order valence-corrected chi connectivity index (χ4v) is 2.57. The summed E-state index contributed by atoms with van der Waals surface area (Å²) in [4.78, 5) is 12.3. The van der Waals surface area contributed by atoms with Crippen molar-refractivity contribution in [2.24, 2.45) is 0 Å². The van der Waals surface area contributed by atoms with Crippen LogP contribution in [0.5, 0.6) is 0 Å². The summed E-state index contributed by atoms with van der Waals surface area (Å²) in [6.45, 7) is 0. The van der Waals surface area contributed by atoms with E-state index in [0.29, 0.717) is 0 Å². The molecule has 4 heteroatoms. The lowest BCUT2D eigenvalue weighted by molar-refractivity contribution is -0.132. The minimum atomic E-state index is -0.706. The van der Waals surface area contributed by atoms with Gasteiger partial charge in [0.1, 0.15) is 5.54 Å². The molecule has 1 atom stereocenters. The van der Waals surface area contributed by atoms with Crippen LogP contribution < -0.4 is 5.32 Å². The van der Waals surface area contributed by atoms with Crippen molar-refractivity contribution in [1.82, 2.24) is 5.32 Å². The first-order chi connectivity index (χ1) is 9.21. The van der Waals surface area contributed by atoms with Gasteiger partial charge in [-0.1, -0.05) is 30.3 Å². The van der Waals surface area contributed by atoms with Crippen LogP contribution in [0.1, 0.15) is 37.4 Å². The summed E-state index contributed by atoms with van der Waals surface area (Å²) in [5, 5.41) is 12.2. The van der Waals surface area contributed by atoms with E-state index in [1.807, 2.05) is 30.3 Å².